The standard InChI is InChI=1S/C12H16F2N2OS/c1-7-5-9(14)11(6-8(7)13)16-12(17)10(15)3-4-18-2/h5-6,10H,3-4,15H2,1-2H3,(H,16,17)/t10-/m0/s1. The number of nitrogens with one attached hydrogen (secondary N) is 1. The number of aryl methyl sites for hydroxylation is 1. The molecule has 18 heavy (non-hydrogen) atoms. The van der Waals surface area contributed by atoms with E-state index in [0.29, 0.717) is 6.42 Å². The highest BCUT2D eigenvalue weighted by atomic mass is 32.2. The summed E-state index contributed by atoms with van der Waals surface area (Å²) in [5.41, 5.74) is 5.64. The third-order valence-electron chi connectivity index (χ3n) is 2.48. The molecule has 0 bridgehead atoms. The van der Waals surface area contributed by atoms with Gasteiger partial charge in [-0.3, -0.25) is 4.79 Å². The minimum Gasteiger partial charge on any atom is -0.322 e. The molecular weight excluding hydrogens is 258 g/mol. The smallest absolute Gasteiger partial charge is 0.241 e. The van der Waals surface area contributed by atoms with Gasteiger partial charge in [0.15, 0.2) is 0 Å². The lowest BCUT2D eigenvalue weighted by atomic mass is 10.2. The van der Waals surface area contributed by atoms with Crippen LogP contribution < -0.4 is 11.1 Å². The second kappa shape index (κ2) is 6.70. The molecule has 0 fully saturated rings. The summed E-state index contributed by atoms with van der Waals surface area (Å²) < 4.78 is 26.7. The summed E-state index contributed by atoms with van der Waals surface area (Å²) in [4.78, 5) is 11.6. The summed E-state index contributed by atoms with van der Waals surface area (Å²) in [6.45, 7) is 1.45. The zero-order valence-corrected chi connectivity index (χ0v) is 11.1. The second-order valence-corrected chi connectivity index (χ2v) is 4.94. The molecule has 100 valence electrons. The van der Waals surface area contributed by atoms with Crippen LogP contribution in [0, 0.1) is 18.6 Å². The average Bonchev–Trinajstić information content (AvgIpc) is 2.32. The SMILES string of the molecule is CSCC[C@H](N)C(=O)Nc1cc(F)c(C)cc1F. The Balaban J connectivity index is 2.72. The van der Waals surface area contributed by atoms with Crippen molar-refractivity contribution in [3.05, 3.63) is 29.3 Å². The van der Waals surface area contributed by atoms with Gasteiger partial charge in [0, 0.05) is 6.07 Å². The summed E-state index contributed by atoms with van der Waals surface area (Å²) >= 11 is 1.57. The number of hydrogen-bond acceptors (Lipinski definition) is 3. The van der Waals surface area contributed by atoms with E-state index >= 15 is 0 Å². The predicted molar refractivity (Wildman–Crippen MR) is 70.7 cm³/mol. The van der Waals surface area contributed by atoms with Crippen LogP contribution in [0.2, 0.25) is 0 Å². The lowest BCUT2D eigenvalue weighted by molar-refractivity contribution is -0.117. The summed E-state index contributed by atoms with van der Waals surface area (Å²) in [7, 11) is 0. The number of halogens is 2. The van der Waals surface area contributed by atoms with Crippen molar-refractivity contribution in [1.82, 2.24) is 0 Å². The number of benzene rings is 1. The quantitative estimate of drug-likeness (QED) is 0.866. The van der Waals surface area contributed by atoms with E-state index in [9.17, 15) is 13.6 Å². The fraction of sp³-hybridized carbons (Fsp3) is 0.417. The molecule has 1 amide bonds. The largest absolute Gasteiger partial charge is 0.322 e. The first-order valence-corrected chi connectivity index (χ1v) is 6.86. The number of thioether (sulfide) groups is 1. The van der Waals surface area contributed by atoms with Gasteiger partial charge in [0.2, 0.25) is 5.91 Å². The van der Waals surface area contributed by atoms with Gasteiger partial charge in [0.25, 0.3) is 0 Å². The Morgan fingerprint density at radius 1 is 1.44 bits per heavy atom. The Morgan fingerprint density at radius 2 is 2.11 bits per heavy atom. The highest BCUT2D eigenvalue weighted by Gasteiger charge is 2.16. The Labute approximate surface area is 109 Å². The summed E-state index contributed by atoms with van der Waals surface area (Å²) in [6.07, 6.45) is 2.39. The summed E-state index contributed by atoms with van der Waals surface area (Å²) in [5.74, 6) is -1.01. The molecule has 0 aromatic heterocycles. The van der Waals surface area contributed by atoms with E-state index < -0.39 is 23.6 Å². The molecule has 0 aliphatic rings. The number of rotatable bonds is 5. The lowest BCUT2D eigenvalue weighted by Crippen LogP contribution is -2.36. The van der Waals surface area contributed by atoms with Gasteiger partial charge >= 0.3 is 0 Å². The van der Waals surface area contributed by atoms with Crippen molar-refractivity contribution < 1.29 is 13.6 Å². The van der Waals surface area contributed by atoms with E-state index in [2.05, 4.69) is 5.32 Å². The fourth-order valence-corrected chi connectivity index (χ4v) is 1.83. The number of nitrogens with two attached hydrogens (primary N) is 1. The molecule has 0 spiro atoms. The topological polar surface area (TPSA) is 55.1 Å². The van der Waals surface area contributed by atoms with E-state index in [-0.39, 0.29) is 11.3 Å². The number of amides is 1. The number of anilines is 1. The highest BCUT2D eigenvalue weighted by molar-refractivity contribution is 7.98. The van der Waals surface area contributed by atoms with Gasteiger partial charge in [0.05, 0.1) is 11.7 Å². The molecule has 0 aliphatic carbocycles. The van der Waals surface area contributed by atoms with Crippen LogP contribution in [0.15, 0.2) is 12.1 Å². The molecule has 0 radical (unpaired) electrons. The Hall–Kier alpha value is -1.14. The van der Waals surface area contributed by atoms with Gasteiger partial charge in [-0.2, -0.15) is 11.8 Å². The van der Waals surface area contributed by atoms with Crippen molar-refractivity contribution in [3.8, 4) is 0 Å². The molecule has 3 nitrogen and oxygen atoms in total. The Bertz CT molecular complexity index is 440. The molecule has 3 N–H and O–H groups in total. The maximum Gasteiger partial charge on any atom is 0.241 e. The third-order valence-corrected chi connectivity index (χ3v) is 3.12. The monoisotopic (exact) mass is 274 g/mol. The maximum atomic E-state index is 13.5. The molecule has 1 atom stereocenters. The van der Waals surface area contributed by atoms with E-state index in [1.54, 1.807) is 11.8 Å². The molecule has 1 aromatic carbocycles. The molecule has 0 saturated carbocycles. The molecule has 0 saturated heterocycles. The molecule has 1 aromatic rings. The van der Waals surface area contributed by atoms with E-state index in [1.165, 1.54) is 6.92 Å². The van der Waals surface area contributed by atoms with Crippen molar-refractivity contribution in [1.29, 1.82) is 0 Å². The van der Waals surface area contributed by atoms with Crippen LogP contribution in [0.4, 0.5) is 14.5 Å². The van der Waals surface area contributed by atoms with Gasteiger partial charge in [-0.1, -0.05) is 0 Å². The van der Waals surface area contributed by atoms with Crippen molar-refractivity contribution in [2.45, 2.75) is 19.4 Å². The molecule has 0 aliphatic heterocycles. The van der Waals surface area contributed by atoms with Crippen LogP contribution in [0.1, 0.15) is 12.0 Å². The molecule has 0 unspecified atom stereocenters. The van der Waals surface area contributed by atoms with Crippen molar-refractivity contribution >= 4 is 23.4 Å². The van der Waals surface area contributed by atoms with Crippen molar-refractivity contribution in [3.63, 3.8) is 0 Å². The average molecular weight is 274 g/mol. The first-order valence-electron chi connectivity index (χ1n) is 5.46. The van der Waals surface area contributed by atoms with Crippen molar-refractivity contribution in [2.75, 3.05) is 17.3 Å². The van der Waals surface area contributed by atoms with Gasteiger partial charge in [0.1, 0.15) is 11.6 Å². The third kappa shape index (κ3) is 3.96. The summed E-state index contributed by atoms with van der Waals surface area (Å²) in [6, 6.07) is 1.28. The van der Waals surface area contributed by atoms with Crippen LogP contribution in [-0.2, 0) is 4.79 Å². The summed E-state index contributed by atoms with van der Waals surface area (Å²) in [5, 5.41) is 2.30. The van der Waals surface area contributed by atoms with E-state index in [0.717, 1.165) is 17.9 Å². The van der Waals surface area contributed by atoms with E-state index in [1.807, 2.05) is 6.26 Å². The zero-order valence-electron chi connectivity index (χ0n) is 10.3. The Morgan fingerprint density at radius 3 is 2.72 bits per heavy atom. The van der Waals surface area contributed by atoms with Crippen LogP contribution in [0.3, 0.4) is 0 Å². The normalized spacial score (nSPS) is 12.3. The van der Waals surface area contributed by atoms with Crippen molar-refractivity contribution in [2.24, 2.45) is 5.73 Å². The van der Waals surface area contributed by atoms with Crippen LogP contribution in [-0.4, -0.2) is 24.0 Å². The highest BCUT2D eigenvalue weighted by Crippen LogP contribution is 2.19. The number of carbonyl (C=O) groups is 1. The minimum absolute atomic E-state index is 0.178. The molecule has 6 heteroatoms. The number of hydrogen-bond donors (Lipinski definition) is 2. The number of carbonyl (C=O) groups excluding carboxylic acids is 1. The predicted octanol–water partition coefficient (Wildman–Crippen LogP) is 2.29. The fourth-order valence-electron chi connectivity index (χ4n) is 1.34. The maximum absolute atomic E-state index is 13.5. The van der Waals surface area contributed by atoms with Gasteiger partial charge in [-0.05, 0) is 37.0 Å². The van der Waals surface area contributed by atoms with Gasteiger partial charge < -0.3 is 11.1 Å². The second-order valence-electron chi connectivity index (χ2n) is 3.96. The van der Waals surface area contributed by atoms with E-state index in [4.69, 9.17) is 5.73 Å². The Kier molecular flexibility index (Phi) is 5.55. The molecule has 1 rings (SSSR count). The first-order chi connectivity index (χ1) is 8.45. The lowest BCUT2D eigenvalue weighted by Gasteiger charge is -2.12. The van der Waals surface area contributed by atoms with Crippen LogP contribution in [0.5, 0.6) is 0 Å². The van der Waals surface area contributed by atoms with Gasteiger partial charge in [-0.25, -0.2) is 8.78 Å². The molecular formula is C12H16F2N2OS. The molecule has 0 heterocycles. The first kappa shape index (κ1) is 14.9. The zero-order chi connectivity index (χ0) is 13.7. The van der Waals surface area contributed by atoms with Crippen LogP contribution >= 0.6 is 11.8 Å². The minimum atomic E-state index is -0.721. The van der Waals surface area contributed by atoms with Gasteiger partial charge in [-0.15, -0.1) is 0 Å². The van der Waals surface area contributed by atoms with Crippen LogP contribution in [0.25, 0.3) is 0 Å².